The summed E-state index contributed by atoms with van der Waals surface area (Å²) in [6.07, 6.45) is 1.59. The number of hydrogen-bond donors (Lipinski definition) is 0. The van der Waals surface area contributed by atoms with Crippen LogP contribution in [0.15, 0.2) is 116 Å². The van der Waals surface area contributed by atoms with Gasteiger partial charge in [-0.15, -0.1) is 0 Å². The zero-order valence-corrected chi connectivity index (χ0v) is 22.2. The van der Waals surface area contributed by atoms with Gasteiger partial charge in [0.2, 0.25) is 5.82 Å². The number of rotatable bonds is 6. The highest BCUT2D eigenvalue weighted by Crippen LogP contribution is 2.29. The topological polar surface area (TPSA) is 69.6 Å². The Morgan fingerprint density at radius 2 is 1.76 bits per heavy atom. The highest BCUT2D eigenvalue weighted by atomic mass is 79.9. The van der Waals surface area contributed by atoms with Crippen molar-refractivity contribution in [3.05, 3.63) is 128 Å². The van der Waals surface area contributed by atoms with E-state index in [4.69, 9.17) is 25.7 Å². The number of halogens is 2. The molecule has 6 aromatic rings. The minimum absolute atomic E-state index is 0.293. The van der Waals surface area contributed by atoms with Gasteiger partial charge in [0.25, 0.3) is 5.56 Å². The molecule has 38 heavy (non-hydrogen) atoms. The summed E-state index contributed by atoms with van der Waals surface area (Å²) in [6, 6.07) is 29.7. The quantitative estimate of drug-likeness (QED) is 0.188. The third-order valence-electron chi connectivity index (χ3n) is 6.02. The first-order valence-electron chi connectivity index (χ1n) is 11.8. The van der Waals surface area contributed by atoms with E-state index in [9.17, 15) is 4.79 Å². The second kappa shape index (κ2) is 10.3. The molecule has 186 valence electrons. The molecule has 6 nitrogen and oxygen atoms in total. The summed E-state index contributed by atoms with van der Waals surface area (Å²) in [7, 11) is 0. The van der Waals surface area contributed by atoms with E-state index in [0.29, 0.717) is 51.0 Å². The highest BCUT2D eigenvalue weighted by Gasteiger charge is 2.17. The molecule has 0 amide bonds. The van der Waals surface area contributed by atoms with Crippen molar-refractivity contribution in [3.63, 3.8) is 0 Å². The van der Waals surface area contributed by atoms with Crippen molar-refractivity contribution in [1.82, 2.24) is 9.66 Å². The lowest BCUT2D eigenvalue weighted by Gasteiger charge is -2.11. The fourth-order valence-corrected chi connectivity index (χ4v) is 4.69. The van der Waals surface area contributed by atoms with Crippen LogP contribution in [-0.4, -0.2) is 15.9 Å². The Kier molecular flexibility index (Phi) is 6.54. The van der Waals surface area contributed by atoms with E-state index in [0.717, 1.165) is 15.4 Å². The van der Waals surface area contributed by atoms with Crippen molar-refractivity contribution in [1.29, 1.82) is 0 Å². The van der Waals surface area contributed by atoms with Crippen LogP contribution in [0.2, 0.25) is 5.02 Å². The first-order valence-corrected chi connectivity index (χ1v) is 12.9. The fourth-order valence-electron chi connectivity index (χ4n) is 4.12. The zero-order chi connectivity index (χ0) is 26.1. The maximum absolute atomic E-state index is 13.6. The van der Waals surface area contributed by atoms with Crippen molar-refractivity contribution in [3.8, 4) is 17.3 Å². The highest BCUT2D eigenvalue weighted by molar-refractivity contribution is 9.10. The fraction of sp³-hybridized carbons (Fsp3) is 0.0333. The molecule has 0 spiro atoms. The summed E-state index contributed by atoms with van der Waals surface area (Å²) >= 11 is 9.78. The molecule has 0 unspecified atom stereocenters. The number of furan rings is 1. The van der Waals surface area contributed by atoms with Gasteiger partial charge in [-0.2, -0.15) is 9.78 Å². The Bertz CT molecular complexity index is 1890. The summed E-state index contributed by atoms with van der Waals surface area (Å²) in [5, 5.41) is 6.53. The smallest absolute Gasteiger partial charge is 0.282 e. The number of aromatic nitrogens is 2. The first kappa shape index (κ1) is 24.2. The lowest BCUT2D eigenvalue weighted by molar-refractivity contribution is 0.306. The largest absolute Gasteiger partial charge is 0.488 e. The number of ether oxygens (including phenoxy) is 1. The van der Waals surface area contributed by atoms with Crippen LogP contribution in [-0.2, 0) is 6.61 Å². The van der Waals surface area contributed by atoms with E-state index in [1.165, 1.54) is 4.68 Å². The lowest BCUT2D eigenvalue weighted by Crippen LogP contribution is -2.20. The molecule has 2 heterocycles. The summed E-state index contributed by atoms with van der Waals surface area (Å²) in [6.45, 7) is 0.293. The number of nitrogens with zero attached hydrogens (tertiary/aromatic N) is 3. The van der Waals surface area contributed by atoms with Crippen LogP contribution in [0.25, 0.3) is 33.5 Å². The molecular weight excluding hydrogens is 566 g/mol. The van der Waals surface area contributed by atoms with Crippen molar-refractivity contribution in [2.24, 2.45) is 5.10 Å². The number of benzene rings is 4. The van der Waals surface area contributed by atoms with E-state index in [2.05, 4.69) is 21.0 Å². The van der Waals surface area contributed by atoms with Gasteiger partial charge in [-0.05, 0) is 54.6 Å². The van der Waals surface area contributed by atoms with Gasteiger partial charge in [0, 0.05) is 26.0 Å². The van der Waals surface area contributed by atoms with Gasteiger partial charge >= 0.3 is 0 Å². The normalized spacial score (nSPS) is 11.5. The molecule has 0 aliphatic heterocycles. The monoisotopic (exact) mass is 583 g/mol. The Morgan fingerprint density at radius 1 is 0.974 bits per heavy atom. The van der Waals surface area contributed by atoms with Crippen LogP contribution in [0.1, 0.15) is 11.1 Å². The molecule has 0 saturated heterocycles. The molecule has 4 aromatic carbocycles. The maximum atomic E-state index is 13.6. The predicted octanol–water partition coefficient (Wildman–Crippen LogP) is 7.69. The third kappa shape index (κ3) is 4.74. The Labute approximate surface area is 230 Å². The summed E-state index contributed by atoms with van der Waals surface area (Å²) in [5.41, 5.74) is 2.50. The standard InChI is InChI=1S/C30H19BrClN3O3/c31-22-13-14-27-21(15-22)16-28(38-27)29-34-25-11-5-3-9-23(25)30(36)35(29)33-17-19-7-2-6-12-26(19)37-18-20-8-1-4-10-24(20)32/h1-17H,18H2. The Balaban J connectivity index is 1.43. The molecule has 0 fully saturated rings. The predicted molar refractivity (Wildman–Crippen MR) is 154 cm³/mol. The SMILES string of the molecule is O=c1c2ccccc2nc(-c2cc3cc(Br)ccc3o2)n1N=Cc1ccccc1OCc1ccccc1Cl. The van der Waals surface area contributed by atoms with Gasteiger partial charge < -0.3 is 9.15 Å². The number of para-hydroxylation sites is 2. The van der Waals surface area contributed by atoms with Gasteiger partial charge in [0.05, 0.1) is 17.1 Å². The molecule has 0 saturated carbocycles. The number of hydrogen-bond acceptors (Lipinski definition) is 5. The molecule has 0 aliphatic carbocycles. The van der Waals surface area contributed by atoms with Gasteiger partial charge in [-0.1, -0.05) is 70.0 Å². The second-order valence-corrected chi connectivity index (χ2v) is 9.85. The molecule has 0 N–H and O–H groups in total. The van der Waals surface area contributed by atoms with Gasteiger partial charge in [-0.3, -0.25) is 4.79 Å². The Morgan fingerprint density at radius 3 is 2.66 bits per heavy atom. The van der Waals surface area contributed by atoms with Crippen LogP contribution < -0.4 is 10.3 Å². The second-order valence-electron chi connectivity index (χ2n) is 8.52. The van der Waals surface area contributed by atoms with Crippen molar-refractivity contribution in [2.45, 2.75) is 6.61 Å². The average Bonchev–Trinajstić information content (AvgIpc) is 3.35. The van der Waals surface area contributed by atoms with Gasteiger partial charge in [0.15, 0.2) is 5.76 Å². The minimum atomic E-state index is -0.307. The van der Waals surface area contributed by atoms with E-state index in [1.54, 1.807) is 24.4 Å². The lowest BCUT2D eigenvalue weighted by atomic mass is 10.2. The molecule has 6 rings (SSSR count). The molecule has 0 aliphatic rings. The maximum Gasteiger partial charge on any atom is 0.282 e. The first-order chi connectivity index (χ1) is 18.6. The zero-order valence-electron chi connectivity index (χ0n) is 19.8. The molecule has 8 heteroatoms. The van der Waals surface area contributed by atoms with Crippen LogP contribution in [0.5, 0.6) is 5.75 Å². The minimum Gasteiger partial charge on any atom is -0.488 e. The number of fused-ring (bicyclic) bond motifs is 2. The van der Waals surface area contributed by atoms with Crippen LogP contribution in [0.4, 0.5) is 0 Å². The summed E-state index contributed by atoms with van der Waals surface area (Å²) in [4.78, 5) is 18.3. The third-order valence-corrected chi connectivity index (χ3v) is 6.89. The summed E-state index contributed by atoms with van der Waals surface area (Å²) < 4.78 is 14.3. The van der Waals surface area contributed by atoms with Crippen molar-refractivity contribution in [2.75, 3.05) is 0 Å². The van der Waals surface area contributed by atoms with E-state index in [1.807, 2.05) is 78.9 Å². The van der Waals surface area contributed by atoms with Gasteiger partial charge in [0.1, 0.15) is 17.9 Å². The van der Waals surface area contributed by atoms with E-state index < -0.39 is 0 Å². The molecule has 0 radical (unpaired) electrons. The van der Waals surface area contributed by atoms with Crippen LogP contribution >= 0.6 is 27.5 Å². The Hall–Kier alpha value is -4.20. The average molecular weight is 585 g/mol. The molecule has 0 atom stereocenters. The van der Waals surface area contributed by atoms with E-state index >= 15 is 0 Å². The van der Waals surface area contributed by atoms with Gasteiger partial charge in [-0.25, -0.2) is 4.98 Å². The van der Waals surface area contributed by atoms with E-state index in [-0.39, 0.29) is 5.56 Å². The van der Waals surface area contributed by atoms with Crippen LogP contribution in [0.3, 0.4) is 0 Å². The van der Waals surface area contributed by atoms with Crippen molar-refractivity contribution < 1.29 is 9.15 Å². The molecule has 2 aromatic heterocycles. The van der Waals surface area contributed by atoms with Crippen LogP contribution in [0, 0.1) is 0 Å². The van der Waals surface area contributed by atoms with Crippen molar-refractivity contribution >= 4 is 55.6 Å². The molecular formula is C30H19BrClN3O3. The molecule has 0 bridgehead atoms. The summed E-state index contributed by atoms with van der Waals surface area (Å²) in [5.74, 6) is 1.33.